The third kappa shape index (κ3) is 5.07. The molecule has 1 saturated heterocycles. The number of likely N-dealkylation sites (N-methyl/N-ethyl adjacent to an activating group) is 1. The second-order valence-electron chi connectivity index (χ2n) is 6.14. The fraction of sp³-hybridized carbons (Fsp3) is 0.238. The van der Waals surface area contributed by atoms with Crippen LogP contribution in [0.25, 0.3) is 6.08 Å². The van der Waals surface area contributed by atoms with Crippen LogP contribution in [0.2, 0.25) is 10.0 Å². The number of carbonyl (C=O) groups is 1. The summed E-state index contributed by atoms with van der Waals surface area (Å²) >= 11 is 13.5. The fourth-order valence-corrected chi connectivity index (χ4v) is 4.09. The van der Waals surface area contributed by atoms with Gasteiger partial charge in [0.1, 0.15) is 6.61 Å². The molecule has 1 aliphatic heterocycles. The van der Waals surface area contributed by atoms with Crippen LogP contribution in [0.1, 0.15) is 18.1 Å². The summed E-state index contributed by atoms with van der Waals surface area (Å²) in [5.41, 5.74) is 1.67. The van der Waals surface area contributed by atoms with E-state index in [1.807, 2.05) is 37.3 Å². The lowest BCUT2D eigenvalue weighted by molar-refractivity contribution is -0.121. The number of amidine groups is 1. The monoisotopic (exact) mass is 450 g/mol. The van der Waals surface area contributed by atoms with Crippen molar-refractivity contribution in [2.24, 2.45) is 4.99 Å². The Balaban J connectivity index is 1.82. The number of carbonyl (C=O) groups excluding carboxylic acids is 1. The highest BCUT2D eigenvalue weighted by Crippen LogP contribution is 2.34. The SMILES string of the molecule is CCOc1cc(/C=C2/SC(=NC)N(C)C2=O)ccc1OCc1ccc(Cl)cc1Cl. The van der Waals surface area contributed by atoms with Crippen LogP contribution in [0, 0.1) is 0 Å². The van der Waals surface area contributed by atoms with Gasteiger partial charge in [0.25, 0.3) is 5.91 Å². The van der Waals surface area contributed by atoms with Gasteiger partial charge >= 0.3 is 0 Å². The first-order valence-corrected chi connectivity index (χ1v) is 10.5. The van der Waals surface area contributed by atoms with E-state index >= 15 is 0 Å². The number of ether oxygens (including phenoxy) is 2. The smallest absolute Gasteiger partial charge is 0.266 e. The van der Waals surface area contributed by atoms with Crippen molar-refractivity contribution >= 4 is 52.1 Å². The van der Waals surface area contributed by atoms with Crippen LogP contribution < -0.4 is 9.47 Å². The number of rotatable bonds is 6. The van der Waals surface area contributed by atoms with Gasteiger partial charge in [-0.25, -0.2) is 0 Å². The lowest BCUT2D eigenvalue weighted by Crippen LogP contribution is -2.23. The maximum Gasteiger partial charge on any atom is 0.266 e. The molecule has 0 atom stereocenters. The summed E-state index contributed by atoms with van der Waals surface area (Å²) in [6, 6.07) is 10.8. The zero-order chi connectivity index (χ0) is 21.0. The van der Waals surface area contributed by atoms with Gasteiger partial charge in [-0.1, -0.05) is 35.3 Å². The van der Waals surface area contributed by atoms with Gasteiger partial charge in [-0.05, 0) is 54.6 Å². The molecule has 2 aromatic carbocycles. The van der Waals surface area contributed by atoms with E-state index in [0.29, 0.717) is 38.2 Å². The Morgan fingerprint density at radius 3 is 2.59 bits per heavy atom. The van der Waals surface area contributed by atoms with Gasteiger partial charge in [-0.3, -0.25) is 14.7 Å². The number of hydrogen-bond acceptors (Lipinski definition) is 5. The third-order valence-electron chi connectivity index (χ3n) is 4.16. The lowest BCUT2D eigenvalue weighted by Gasteiger charge is -2.13. The lowest BCUT2D eigenvalue weighted by atomic mass is 10.1. The standard InChI is InChI=1S/C21H20Cl2N2O3S/c1-4-27-18-9-13(10-19-20(26)25(3)21(24-2)29-19)5-8-17(18)28-12-14-6-7-15(22)11-16(14)23/h5-11H,4,12H2,1-3H3/b19-10+,24-21?. The molecule has 0 bridgehead atoms. The Morgan fingerprint density at radius 2 is 1.93 bits per heavy atom. The van der Waals surface area contributed by atoms with Gasteiger partial charge in [-0.15, -0.1) is 0 Å². The van der Waals surface area contributed by atoms with Crippen LogP contribution in [0.5, 0.6) is 11.5 Å². The first-order valence-electron chi connectivity index (χ1n) is 8.91. The van der Waals surface area contributed by atoms with Gasteiger partial charge < -0.3 is 9.47 Å². The fourth-order valence-electron chi connectivity index (χ4n) is 2.70. The molecule has 0 aromatic heterocycles. The van der Waals surface area contributed by atoms with Gasteiger partial charge in [0.2, 0.25) is 0 Å². The van der Waals surface area contributed by atoms with Crippen LogP contribution in [-0.2, 0) is 11.4 Å². The molecule has 0 radical (unpaired) electrons. The summed E-state index contributed by atoms with van der Waals surface area (Å²) in [5, 5.41) is 1.80. The maximum atomic E-state index is 12.3. The highest BCUT2D eigenvalue weighted by molar-refractivity contribution is 8.18. The van der Waals surface area contributed by atoms with Crippen molar-refractivity contribution in [3.63, 3.8) is 0 Å². The molecule has 0 unspecified atom stereocenters. The minimum Gasteiger partial charge on any atom is -0.490 e. The minimum atomic E-state index is -0.0775. The molecule has 8 heteroatoms. The van der Waals surface area contributed by atoms with E-state index in [0.717, 1.165) is 11.1 Å². The van der Waals surface area contributed by atoms with Crippen LogP contribution in [0.15, 0.2) is 46.3 Å². The number of amides is 1. The molecule has 5 nitrogen and oxygen atoms in total. The molecule has 0 saturated carbocycles. The van der Waals surface area contributed by atoms with Crippen LogP contribution in [-0.4, -0.2) is 36.7 Å². The molecule has 29 heavy (non-hydrogen) atoms. The number of thioether (sulfide) groups is 1. The maximum absolute atomic E-state index is 12.3. The van der Waals surface area contributed by atoms with E-state index in [1.165, 1.54) is 16.7 Å². The van der Waals surface area contributed by atoms with Crippen LogP contribution in [0.3, 0.4) is 0 Å². The average Bonchev–Trinajstić information content (AvgIpc) is 2.96. The van der Waals surface area contributed by atoms with Crippen molar-refractivity contribution in [3.8, 4) is 11.5 Å². The van der Waals surface area contributed by atoms with Gasteiger partial charge in [0, 0.05) is 29.7 Å². The summed E-state index contributed by atoms with van der Waals surface area (Å²) in [6.07, 6.45) is 1.82. The molecular weight excluding hydrogens is 431 g/mol. The van der Waals surface area contributed by atoms with Crippen molar-refractivity contribution < 1.29 is 14.3 Å². The van der Waals surface area contributed by atoms with E-state index < -0.39 is 0 Å². The summed E-state index contributed by atoms with van der Waals surface area (Å²) in [6.45, 7) is 2.67. The van der Waals surface area contributed by atoms with Gasteiger partial charge in [0.05, 0.1) is 11.5 Å². The summed E-state index contributed by atoms with van der Waals surface area (Å²) in [7, 11) is 3.38. The zero-order valence-electron chi connectivity index (χ0n) is 16.2. The van der Waals surface area contributed by atoms with Gasteiger partial charge in [-0.2, -0.15) is 0 Å². The Bertz CT molecular complexity index is 992. The Kier molecular flexibility index (Phi) is 7.11. The summed E-state index contributed by atoms with van der Waals surface area (Å²) < 4.78 is 11.7. The molecule has 1 fully saturated rings. The minimum absolute atomic E-state index is 0.0775. The van der Waals surface area contributed by atoms with Crippen molar-refractivity contribution in [2.75, 3.05) is 20.7 Å². The number of benzene rings is 2. The number of hydrogen-bond donors (Lipinski definition) is 0. The predicted octanol–water partition coefficient (Wildman–Crippen LogP) is 5.50. The van der Waals surface area contributed by atoms with Crippen LogP contribution in [0.4, 0.5) is 0 Å². The molecule has 1 amide bonds. The number of aliphatic imine (C=N–C) groups is 1. The second-order valence-corrected chi connectivity index (χ2v) is 8.00. The number of nitrogens with zero attached hydrogens (tertiary/aromatic N) is 2. The number of halogens is 2. The average molecular weight is 451 g/mol. The molecule has 0 aliphatic carbocycles. The van der Waals surface area contributed by atoms with E-state index in [9.17, 15) is 4.79 Å². The molecule has 1 heterocycles. The summed E-state index contributed by atoms with van der Waals surface area (Å²) in [5.74, 6) is 1.12. The molecule has 0 spiro atoms. The van der Waals surface area contributed by atoms with Crippen LogP contribution >= 0.6 is 35.0 Å². The molecule has 1 aliphatic rings. The quantitative estimate of drug-likeness (QED) is 0.544. The van der Waals surface area contributed by atoms with Crippen molar-refractivity contribution in [1.29, 1.82) is 0 Å². The van der Waals surface area contributed by atoms with E-state index in [2.05, 4.69) is 4.99 Å². The van der Waals surface area contributed by atoms with Gasteiger partial charge in [0.15, 0.2) is 16.7 Å². The topological polar surface area (TPSA) is 51.1 Å². The molecule has 152 valence electrons. The molecule has 2 aromatic rings. The Morgan fingerprint density at radius 1 is 1.14 bits per heavy atom. The second kappa shape index (κ2) is 9.57. The third-order valence-corrected chi connectivity index (χ3v) is 5.90. The van der Waals surface area contributed by atoms with E-state index in [4.69, 9.17) is 32.7 Å². The van der Waals surface area contributed by atoms with Crippen molar-refractivity contribution in [3.05, 3.63) is 62.5 Å². The normalized spacial score (nSPS) is 16.7. The molecule has 0 N–H and O–H groups in total. The first-order chi connectivity index (χ1) is 13.9. The predicted molar refractivity (Wildman–Crippen MR) is 120 cm³/mol. The first kappa shape index (κ1) is 21.6. The van der Waals surface area contributed by atoms with Crippen molar-refractivity contribution in [1.82, 2.24) is 4.90 Å². The Labute approximate surface area is 184 Å². The molecule has 3 rings (SSSR count). The van der Waals surface area contributed by atoms with E-state index in [1.54, 1.807) is 26.2 Å². The summed E-state index contributed by atoms with van der Waals surface area (Å²) in [4.78, 5) is 18.6. The zero-order valence-corrected chi connectivity index (χ0v) is 18.6. The van der Waals surface area contributed by atoms with E-state index in [-0.39, 0.29) is 12.5 Å². The van der Waals surface area contributed by atoms with Crippen molar-refractivity contribution in [2.45, 2.75) is 13.5 Å². The highest BCUT2D eigenvalue weighted by atomic mass is 35.5. The largest absolute Gasteiger partial charge is 0.490 e. The Hall–Kier alpha value is -2.15. The molecular formula is C21H20Cl2N2O3S. The highest BCUT2D eigenvalue weighted by Gasteiger charge is 2.29.